The fourth-order valence-electron chi connectivity index (χ4n) is 3.85. The first kappa shape index (κ1) is 23.9. The Morgan fingerprint density at radius 3 is 2.31 bits per heavy atom. The molecule has 0 heterocycles. The van der Waals surface area contributed by atoms with Crippen LogP contribution >= 0.6 is 0 Å². The van der Waals surface area contributed by atoms with E-state index in [4.69, 9.17) is 14.6 Å². The number of ether oxygens (including phenoxy) is 2. The molecule has 0 fully saturated rings. The number of carbonyl (C=O) groups is 1. The summed E-state index contributed by atoms with van der Waals surface area (Å²) in [5.41, 5.74) is 6.89. The summed E-state index contributed by atoms with van der Waals surface area (Å²) in [6.07, 6.45) is 0.130. The molecule has 0 bridgehead atoms. The van der Waals surface area contributed by atoms with Gasteiger partial charge in [-0.25, -0.2) is 0 Å². The molecule has 3 aromatic rings. The quantitative estimate of drug-likeness (QED) is 0.372. The van der Waals surface area contributed by atoms with Crippen molar-refractivity contribution in [1.29, 1.82) is 0 Å². The molecule has 3 rings (SSSR count). The van der Waals surface area contributed by atoms with Crippen molar-refractivity contribution in [1.82, 2.24) is 0 Å². The van der Waals surface area contributed by atoms with Crippen LogP contribution in [0, 0.1) is 13.8 Å². The topological polar surface area (TPSA) is 84.6 Å². The standard InChI is InChI=1S/C26H29NO4S/c1-18-6-4-7-19(2)26(18)22-9-5-8-20(14-22)16-31-24-12-10-21(11-13-24)23(17-32(27)29)15-25(28)30-3/h4-14,23H,15-17,27H2,1-3H3. The van der Waals surface area contributed by atoms with Crippen molar-refractivity contribution in [2.24, 2.45) is 5.14 Å². The van der Waals surface area contributed by atoms with Crippen LogP contribution in [0.2, 0.25) is 0 Å². The third kappa shape index (κ3) is 6.36. The molecule has 0 aliphatic rings. The summed E-state index contributed by atoms with van der Waals surface area (Å²) in [7, 11) is 1.34. The van der Waals surface area contributed by atoms with E-state index in [9.17, 15) is 9.35 Å². The summed E-state index contributed by atoms with van der Waals surface area (Å²) in [6.45, 7) is 4.69. The van der Waals surface area contributed by atoms with Gasteiger partial charge in [-0.05, 0) is 65.4 Å². The predicted octanol–water partition coefficient (Wildman–Crippen LogP) is 4.82. The molecule has 0 saturated heterocycles. The number of hydrogen-bond donors (Lipinski definition) is 1. The molecule has 0 aliphatic carbocycles. The van der Waals surface area contributed by atoms with E-state index in [1.165, 1.54) is 29.4 Å². The maximum Gasteiger partial charge on any atom is 0.306 e. The zero-order valence-corrected chi connectivity index (χ0v) is 19.5. The highest BCUT2D eigenvalue weighted by Gasteiger charge is 2.21. The van der Waals surface area contributed by atoms with E-state index in [2.05, 4.69) is 50.2 Å². The van der Waals surface area contributed by atoms with Crippen molar-refractivity contribution in [3.05, 3.63) is 89.0 Å². The Balaban J connectivity index is 1.69. The molecule has 0 amide bonds. The highest BCUT2D eigenvalue weighted by molar-refractivity contribution is 7.89. The second-order valence-corrected chi connectivity index (χ2v) is 8.94. The number of methoxy groups -OCH3 is 1. The minimum Gasteiger partial charge on any atom is -0.598 e. The molecule has 168 valence electrons. The van der Waals surface area contributed by atoms with E-state index in [0.29, 0.717) is 6.61 Å². The molecule has 0 aliphatic heterocycles. The van der Waals surface area contributed by atoms with E-state index >= 15 is 0 Å². The fraction of sp³-hybridized carbons (Fsp3) is 0.269. The lowest BCUT2D eigenvalue weighted by Gasteiger charge is -2.16. The Kier molecular flexibility index (Phi) is 8.33. The van der Waals surface area contributed by atoms with Crippen molar-refractivity contribution in [2.75, 3.05) is 12.9 Å². The molecular weight excluding hydrogens is 422 g/mol. The van der Waals surface area contributed by atoms with Gasteiger partial charge >= 0.3 is 5.97 Å². The average Bonchev–Trinajstić information content (AvgIpc) is 2.77. The fourth-order valence-corrected chi connectivity index (χ4v) is 4.55. The SMILES string of the molecule is COC(=O)CC(C[S+](N)[O-])c1ccc(OCc2cccc(-c3c(C)cccc3C)c2)cc1. The number of hydrogen-bond acceptors (Lipinski definition) is 5. The number of aryl methyl sites for hydroxylation is 2. The van der Waals surface area contributed by atoms with Gasteiger partial charge in [-0.2, -0.15) is 5.14 Å². The summed E-state index contributed by atoms with van der Waals surface area (Å²) >= 11 is -1.51. The highest BCUT2D eigenvalue weighted by Crippen LogP contribution is 2.28. The molecule has 0 radical (unpaired) electrons. The number of carbonyl (C=O) groups excluding carboxylic acids is 1. The van der Waals surface area contributed by atoms with Crippen LogP contribution in [0.4, 0.5) is 0 Å². The van der Waals surface area contributed by atoms with Gasteiger partial charge in [0.2, 0.25) is 0 Å². The lowest BCUT2D eigenvalue weighted by Crippen LogP contribution is -2.24. The lowest BCUT2D eigenvalue weighted by atomic mass is 9.95. The molecular formula is C26H29NO4S. The molecule has 5 nitrogen and oxygen atoms in total. The van der Waals surface area contributed by atoms with E-state index in [1.54, 1.807) is 0 Å². The maximum absolute atomic E-state index is 11.7. The van der Waals surface area contributed by atoms with Gasteiger partial charge in [-0.15, -0.1) is 0 Å². The van der Waals surface area contributed by atoms with E-state index in [0.717, 1.165) is 16.9 Å². The van der Waals surface area contributed by atoms with Crippen molar-refractivity contribution >= 4 is 17.3 Å². The number of nitrogens with two attached hydrogens (primary N) is 1. The summed E-state index contributed by atoms with van der Waals surface area (Å²) in [6, 6.07) is 22.2. The molecule has 2 unspecified atom stereocenters. The Morgan fingerprint density at radius 1 is 1.03 bits per heavy atom. The minimum absolute atomic E-state index is 0.130. The van der Waals surface area contributed by atoms with Crippen molar-refractivity contribution in [2.45, 2.75) is 32.8 Å². The van der Waals surface area contributed by atoms with Crippen LogP contribution < -0.4 is 9.88 Å². The van der Waals surface area contributed by atoms with E-state index < -0.39 is 11.4 Å². The van der Waals surface area contributed by atoms with Gasteiger partial charge in [0.25, 0.3) is 0 Å². The molecule has 2 atom stereocenters. The second kappa shape index (κ2) is 11.2. The van der Waals surface area contributed by atoms with Crippen molar-refractivity contribution < 1.29 is 18.8 Å². The van der Waals surface area contributed by atoms with Crippen molar-refractivity contribution in [3.8, 4) is 16.9 Å². The Bertz CT molecular complexity index is 1030. The van der Waals surface area contributed by atoms with Crippen LogP contribution in [-0.2, 0) is 27.5 Å². The third-order valence-electron chi connectivity index (χ3n) is 5.46. The molecule has 0 spiro atoms. The number of benzene rings is 3. The van der Waals surface area contributed by atoms with Crippen molar-refractivity contribution in [3.63, 3.8) is 0 Å². The van der Waals surface area contributed by atoms with Crippen LogP contribution in [0.25, 0.3) is 11.1 Å². The first-order chi connectivity index (χ1) is 15.4. The van der Waals surface area contributed by atoms with Crippen LogP contribution in [0.1, 0.15) is 34.6 Å². The summed E-state index contributed by atoms with van der Waals surface area (Å²) in [4.78, 5) is 11.7. The second-order valence-electron chi connectivity index (χ2n) is 7.85. The molecule has 6 heteroatoms. The Morgan fingerprint density at radius 2 is 1.69 bits per heavy atom. The largest absolute Gasteiger partial charge is 0.598 e. The van der Waals surface area contributed by atoms with Gasteiger partial charge in [-0.3, -0.25) is 4.79 Å². The Labute approximate surface area is 192 Å². The Hall–Kier alpha value is -2.80. The lowest BCUT2D eigenvalue weighted by molar-refractivity contribution is -0.140. The van der Waals surface area contributed by atoms with E-state index in [-0.39, 0.29) is 24.1 Å². The average molecular weight is 452 g/mol. The van der Waals surface area contributed by atoms with E-state index in [1.807, 2.05) is 30.3 Å². The maximum atomic E-state index is 11.7. The molecule has 3 aromatic carbocycles. The van der Waals surface area contributed by atoms with Gasteiger partial charge in [0.15, 0.2) is 0 Å². The number of esters is 1. The predicted molar refractivity (Wildman–Crippen MR) is 129 cm³/mol. The molecule has 0 aromatic heterocycles. The monoisotopic (exact) mass is 451 g/mol. The van der Waals surface area contributed by atoms with Gasteiger partial charge < -0.3 is 14.0 Å². The molecule has 32 heavy (non-hydrogen) atoms. The molecule has 0 saturated carbocycles. The third-order valence-corrected chi connectivity index (χ3v) is 6.19. The van der Waals surface area contributed by atoms with Gasteiger partial charge in [0, 0.05) is 17.3 Å². The minimum atomic E-state index is -1.51. The highest BCUT2D eigenvalue weighted by atomic mass is 32.2. The van der Waals surface area contributed by atoms with Crippen LogP contribution in [-0.4, -0.2) is 23.4 Å². The first-order valence-electron chi connectivity index (χ1n) is 10.4. The zero-order chi connectivity index (χ0) is 23.1. The normalized spacial score (nSPS) is 12.8. The summed E-state index contributed by atoms with van der Waals surface area (Å²) in [5.74, 6) is 0.290. The first-order valence-corrected chi connectivity index (χ1v) is 11.8. The molecule has 2 N–H and O–H groups in total. The van der Waals surface area contributed by atoms with Crippen LogP contribution in [0.15, 0.2) is 66.7 Å². The smallest absolute Gasteiger partial charge is 0.306 e. The van der Waals surface area contributed by atoms with Gasteiger partial charge in [-0.1, -0.05) is 48.5 Å². The van der Waals surface area contributed by atoms with Gasteiger partial charge in [0.1, 0.15) is 18.1 Å². The van der Waals surface area contributed by atoms with Crippen LogP contribution in [0.5, 0.6) is 5.75 Å². The van der Waals surface area contributed by atoms with Crippen LogP contribution in [0.3, 0.4) is 0 Å². The number of rotatable bonds is 9. The van der Waals surface area contributed by atoms with Gasteiger partial charge in [0.05, 0.1) is 13.5 Å². The summed E-state index contributed by atoms with van der Waals surface area (Å²) in [5, 5.41) is 5.46. The zero-order valence-electron chi connectivity index (χ0n) is 18.7. The summed E-state index contributed by atoms with van der Waals surface area (Å²) < 4.78 is 22.2.